The Morgan fingerprint density at radius 2 is 1.81 bits per heavy atom. The van der Waals surface area contributed by atoms with Gasteiger partial charge in [0.1, 0.15) is 11.4 Å². The fourth-order valence-electron chi connectivity index (χ4n) is 2.39. The lowest BCUT2D eigenvalue weighted by molar-refractivity contribution is 0.0474. The molecule has 0 bridgehead atoms. The highest BCUT2D eigenvalue weighted by Crippen LogP contribution is 2.18. The Hall–Kier alpha value is -2.44. The summed E-state index contributed by atoms with van der Waals surface area (Å²) in [6.45, 7) is 12.5. The molecule has 0 aromatic heterocycles. The van der Waals surface area contributed by atoms with Gasteiger partial charge in [-0.1, -0.05) is 12.1 Å². The van der Waals surface area contributed by atoms with E-state index in [0.717, 1.165) is 16.9 Å². The molecule has 0 unspecified atom stereocenters. The Bertz CT molecular complexity index is 664. The van der Waals surface area contributed by atoms with Gasteiger partial charge in [0.25, 0.3) is 0 Å². The molecule has 0 spiro atoms. The van der Waals surface area contributed by atoms with Gasteiger partial charge in [-0.15, -0.1) is 0 Å². The molecule has 0 saturated carbocycles. The van der Waals surface area contributed by atoms with Gasteiger partial charge in [0.05, 0.1) is 12.6 Å². The Kier molecular flexibility index (Phi) is 7.94. The summed E-state index contributed by atoms with van der Waals surface area (Å²) in [5.41, 5.74) is 1.18. The van der Waals surface area contributed by atoms with Crippen LogP contribution >= 0.6 is 0 Å². The molecule has 0 fully saturated rings. The molecule has 7 nitrogen and oxygen atoms in total. The van der Waals surface area contributed by atoms with Crippen LogP contribution in [0.4, 0.5) is 4.79 Å². The number of hydrogen-bond donors (Lipinski definition) is 3. The highest BCUT2D eigenvalue weighted by Gasteiger charge is 2.24. The monoisotopic (exact) mass is 378 g/mol. The van der Waals surface area contributed by atoms with Gasteiger partial charge in [0.15, 0.2) is 5.96 Å². The molecule has 3 N–H and O–H groups in total. The molecule has 27 heavy (non-hydrogen) atoms. The smallest absolute Gasteiger partial charge is 0.408 e. The zero-order valence-electron chi connectivity index (χ0n) is 17.8. The number of aliphatic imine (C=N–C) groups is 1. The maximum atomic E-state index is 12.0. The average Bonchev–Trinajstić information content (AvgIpc) is 2.52. The van der Waals surface area contributed by atoms with Crippen LogP contribution in [0.3, 0.4) is 0 Å². The summed E-state index contributed by atoms with van der Waals surface area (Å²) in [6, 6.07) is 6.05. The molecule has 1 aromatic carbocycles. The van der Waals surface area contributed by atoms with Gasteiger partial charge in [-0.25, -0.2) is 4.79 Å². The van der Waals surface area contributed by atoms with Crippen molar-refractivity contribution >= 4 is 12.1 Å². The highest BCUT2D eigenvalue weighted by atomic mass is 16.6. The third kappa shape index (κ3) is 8.66. The number of nitrogens with zero attached hydrogens (tertiary/aromatic N) is 1. The third-order valence-electron chi connectivity index (χ3n) is 3.68. The van der Waals surface area contributed by atoms with Crippen LogP contribution in [0.15, 0.2) is 23.2 Å². The molecule has 0 aliphatic carbocycles. The number of carbonyl (C=O) groups excluding carboxylic acids is 1. The van der Waals surface area contributed by atoms with E-state index in [2.05, 4.69) is 27.0 Å². The second kappa shape index (κ2) is 9.48. The molecule has 1 amide bonds. The minimum atomic E-state index is -0.526. The fourth-order valence-corrected chi connectivity index (χ4v) is 2.39. The second-order valence-corrected chi connectivity index (χ2v) is 8.09. The van der Waals surface area contributed by atoms with E-state index in [0.29, 0.717) is 19.0 Å². The topological polar surface area (TPSA) is 84.0 Å². The van der Waals surface area contributed by atoms with Crippen molar-refractivity contribution in [3.8, 4) is 5.75 Å². The summed E-state index contributed by atoms with van der Waals surface area (Å²) >= 11 is 0. The second-order valence-electron chi connectivity index (χ2n) is 8.09. The number of methoxy groups -OCH3 is 1. The largest absolute Gasteiger partial charge is 0.496 e. The van der Waals surface area contributed by atoms with E-state index in [9.17, 15) is 4.79 Å². The molecule has 1 rings (SSSR count). The van der Waals surface area contributed by atoms with E-state index in [1.165, 1.54) is 0 Å². The molecule has 7 heteroatoms. The Labute approximate surface area is 162 Å². The first kappa shape index (κ1) is 22.6. The number of aryl methyl sites for hydroxylation is 1. The summed E-state index contributed by atoms with van der Waals surface area (Å²) in [6.07, 6.45) is -0.439. The molecule has 0 atom stereocenters. The zero-order chi connectivity index (χ0) is 20.7. The van der Waals surface area contributed by atoms with E-state index in [4.69, 9.17) is 9.47 Å². The summed E-state index contributed by atoms with van der Waals surface area (Å²) in [4.78, 5) is 16.2. The molecular weight excluding hydrogens is 344 g/mol. The van der Waals surface area contributed by atoms with E-state index in [-0.39, 0.29) is 0 Å². The molecule has 1 aromatic rings. The standard InChI is InChI=1S/C20H34N4O3/c1-14-11-15(9-10-16(14)26-8)12-22-17(21-7)23-13-20(5,6)24-18(25)27-19(2,3)4/h9-11H,12-13H2,1-8H3,(H,24,25)(H2,21,22,23). The van der Waals surface area contributed by atoms with Crippen LogP contribution < -0.4 is 20.7 Å². The fraction of sp³-hybridized carbons (Fsp3) is 0.600. The quantitative estimate of drug-likeness (QED) is 0.524. The summed E-state index contributed by atoms with van der Waals surface area (Å²) in [5.74, 6) is 1.53. The first-order valence-electron chi connectivity index (χ1n) is 9.05. The molecule has 0 aliphatic heterocycles. The Balaban J connectivity index is 2.53. The summed E-state index contributed by atoms with van der Waals surface area (Å²) in [5, 5.41) is 9.36. The van der Waals surface area contributed by atoms with Crippen molar-refractivity contribution in [1.29, 1.82) is 0 Å². The molecule has 0 aliphatic rings. The van der Waals surface area contributed by atoms with Crippen LogP contribution in [0.1, 0.15) is 45.7 Å². The van der Waals surface area contributed by atoms with E-state index < -0.39 is 17.2 Å². The predicted octanol–water partition coefficient (Wildman–Crippen LogP) is 2.97. The van der Waals surface area contributed by atoms with Gasteiger partial charge in [0, 0.05) is 20.1 Å². The lowest BCUT2D eigenvalue weighted by Gasteiger charge is -2.29. The zero-order valence-corrected chi connectivity index (χ0v) is 17.8. The molecule has 0 radical (unpaired) electrons. The third-order valence-corrected chi connectivity index (χ3v) is 3.68. The molecule has 0 saturated heterocycles. The van der Waals surface area contributed by atoms with Crippen LogP contribution in [0.2, 0.25) is 0 Å². The van der Waals surface area contributed by atoms with Crippen LogP contribution in [0.5, 0.6) is 5.75 Å². The van der Waals surface area contributed by atoms with Crippen molar-refractivity contribution in [2.75, 3.05) is 20.7 Å². The van der Waals surface area contributed by atoms with Gasteiger partial charge < -0.3 is 25.4 Å². The molecule has 152 valence electrons. The van der Waals surface area contributed by atoms with Crippen LogP contribution in [0.25, 0.3) is 0 Å². The van der Waals surface area contributed by atoms with E-state index in [1.807, 2.05) is 53.7 Å². The minimum Gasteiger partial charge on any atom is -0.496 e. The normalized spacial score (nSPS) is 12.4. The van der Waals surface area contributed by atoms with Crippen molar-refractivity contribution in [2.45, 2.75) is 59.2 Å². The lowest BCUT2D eigenvalue weighted by Crippen LogP contribution is -2.54. The van der Waals surface area contributed by atoms with Crippen LogP contribution in [0, 0.1) is 6.92 Å². The first-order chi connectivity index (χ1) is 12.5. The number of ether oxygens (including phenoxy) is 2. The Morgan fingerprint density at radius 3 is 2.33 bits per heavy atom. The first-order valence-corrected chi connectivity index (χ1v) is 9.05. The van der Waals surface area contributed by atoms with Gasteiger partial charge in [-0.3, -0.25) is 4.99 Å². The minimum absolute atomic E-state index is 0.439. The van der Waals surface area contributed by atoms with Gasteiger partial charge in [-0.2, -0.15) is 0 Å². The number of carbonyl (C=O) groups is 1. The van der Waals surface area contributed by atoms with Gasteiger partial charge in [-0.05, 0) is 58.7 Å². The van der Waals surface area contributed by atoms with Crippen molar-refractivity contribution in [2.24, 2.45) is 4.99 Å². The summed E-state index contributed by atoms with van der Waals surface area (Å²) in [7, 11) is 3.38. The molecular formula is C20H34N4O3. The number of hydrogen-bond acceptors (Lipinski definition) is 4. The number of alkyl carbamates (subject to hydrolysis) is 1. The number of rotatable bonds is 6. The molecule has 0 heterocycles. The van der Waals surface area contributed by atoms with Crippen molar-refractivity contribution in [3.05, 3.63) is 29.3 Å². The maximum absolute atomic E-state index is 12.0. The van der Waals surface area contributed by atoms with Gasteiger partial charge >= 0.3 is 6.09 Å². The van der Waals surface area contributed by atoms with Crippen LogP contribution in [-0.2, 0) is 11.3 Å². The SMILES string of the molecule is CN=C(NCc1ccc(OC)c(C)c1)NCC(C)(C)NC(=O)OC(C)(C)C. The van der Waals surface area contributed by atoms with Crippen molar-refractivity contribution in [3.63, 3.8) is 0 Å². The number of benzene rings is 1. The predicted molar refractivity (Wildman–Crippen MR) is 109 cm³/mol. The number of nitrogens with one attached hydrogen (secondary N) is 3. The highest BCUT2D eigenvalue weighted by molar-refractivity contribution is 5.79. The lowest BCUT2D eigenvalue weighted by atomic mass is 10.1. The van der Waals surface area contributed by atoms with Crippen LogP contribution in [-0.4, -0.2) is 43.9 Å². The van der Waals surface area contributed by atoms with E-state index >= 15 is 0 Å². The Morgan fingerprint density at radius 1 is 1.15 bits per heavy atom. The van der Waals surface area contributed by atoms with Crippen molar-refractivity contribution < 1.29 is 14.3 Å². The number of guanidine groups is 1. The van der Waals surface area contributed by atoms with Gasteiger partial charge in [0.2, 0.25) is 0 Å². The summed E-state index contributed by atoms with van der Waals surface area (Å²) < 4.78 is 10.6. The van der Waals surface area contributed by atoms with Crippen molar-refractivity contribution in [1.82, 2.24) is 16.0 Å². The number of amides is 1. The maximum Gasteiger partial charge on any atom is 0.408 e. The van der Waals surface area contributed by atoms with E-state index in [1.54, 1.807) is 14.2 Å². The average molecular weight is 379 g/mol.